The van der Waals surface area contributed by atoms with E-state index in [1.165, 1.54) is 6.92 Å². The summed E-state index contributed by atoms with van der Waals surface area (Å²) in [7, 11) is -2.58. The number of rotatable bonds is 1. The molecule has 0 amide bonds. The number of hydrogen-bond acceptors (Lipinski definition) is 6. The van der Waals surface area contributed by atoms with Crippen LogP contribution >= 0.6 is 7.60 Å². The van der Waals surface area contributed by atoms with Gasteiger partial charge in [-0.3, -0.25) is 4.57 Å². The van der Waals surface area contributed by atoms with Gasteiger partial charge in [-0.2, -0.15) is 0 Å². The Morgan fingerprint density at radius 3 is 2.31 bits per heavy atom. The molecule has 1 aliphatic heterocycles. The van der Waals surface area contributed by atoms with Crippen molar-refractivity contribution >= 4 is 7.60 Å². The molecule has 0 radical (unpaired) electrons. The first-order chi connectivity index (χ1) is 5.92. The van der Waals surface area contributed by atoms with Crippen molar-refractivity contribution in [1.82, 2.24) is 0 Å². The van der Waals surface area contributed by atoms with Crippen molar-refractivity contribution in [1.29, 1.82) is 0 Å². The van der Waals surface area contributed by atoms with Crippen LogP contribution in [0, 0.1) is 0 Å². The third kappa shape index (κ3) is 1.79. The van der Waals surface area contributed by atoms with Crippen LogP contribution in [0.4, 0.5) is 0 Å². The van der Waals surface area contributed by atoms with Gasteiger partial charge in [-0.05, 0) is 6.92 Å². The van der Waals surface area contributed by atoms with Gasteiger partial charge in [-0.15, -0.1) is 0 Å². The molecule has 0 aromatic heterocycles. The van der Waals surface area contributed by atoms with Crippen LogP contribution in [0.5, 0.6) is 0 Å². The van der Waals surface area contributed by atoms with E-state index in [1.54, 1.807) is 0 Å². The summed E-state index contributed by atoms with van der Waals surface area (Å²) in [6.07, 6.45) is -3.59. The third-order valence-electron chi connectivity index (χ3n) is 2.03. The summed E-state index contributed by atoms with van der Waals surface area (Å²) in [5.41, 5.74) is 0. The molecule has 0 aromatic rings. The summed E-state index contributed by atoms with van der Waals surface area (Å²) in [5.74, 6) is -1.69. The van der Waals surface area contributed by atoms with Gasteiger partial charge in [-0.1, -0.05) is 0 Å². The van der Waals surface area contributed by atoms with Gasteiger partial charge in [-0.25, -0.2) is 0 Å². The molecule has 5 atom stereocenters. The highest BCUT2D eigenvalue weighted by atomic mass is 31.2. The van der Waals surface area contributed by atoms with Crippen LogP contribution in [0.15, 0.2) is 0 Å². The van der Waals surface area contributed by atoms with Gasteiger partial charge in [0.05, 0.1) is 6.10 Å². The van der Waals surface area contributed by atoms with Crippen molar-refractivity contribution in [2.75, 3.05) is 7.11 Å². The van der Waals surface area contributed by atoms with E-state index in [-0.39, 0.29) is 0 Å². The molecule has 0 aliphatic carbocycles. The standard InChI is InChI=1S/C6H13O6P/c1-3-4(7)5(8)6(9)13(10,11-2)12-3/h3-9H,1-2H3/t3-,4+,5+,6+,13+/m0/s1. The van der Waals surface area contributed by atoms with Crippen molar-refractivity contribution < 1.29 is 28.9 Å². The lowest BCUT2D eigenvalue weighted by atomic mass is 10.1. The summed E-state index contributed by atoms with van der Waals surface area (Å²) in [4.78, 5) is 0. The molecule has 1 heterocycles. The molecule has 0 saturated carbocycles. The highest BCUT2D eigenvalue weighted by Gasteiger charge is 2.50. The van der Waals surface area contributed by atoms with Crippen LogP contribution in [-0.2, 0) is 13.6 Å². The van der Waals surface area contributed by atoms with Crippen molar-refractivity contribution in [3.63, 3.8) is 0 Å². The Hall–Kier alpha value is 0.0300. The van der Waals surface area contributed by atoms with Gasteiger partial charge < -0.3 is 24.4 Å². The second-order valence-electron chi connectivity index (χ2n) is 2.93. The van der Waals surface area contributed by atoms with Crippen LogP contribution in [0.2, 0.25) is 0 Å². The summed E-state index contributed by atoms with van der Waals surface area (Å²) in [5, 5.41) is 27.7. The summed E-state index contributed by atoms with van der Waals surface area (Å²) >= 11 is 0. The average molecular weight is 212 g/mol. The van der Waals surface area contributed by atoms with Crippen LogP contribution in [0.3, 0.4) is 0 Å². The van der Waals surface area contributed by atoms with Gasteiger partial charge in [0.2, 0.25) is 0 Å². The first-order valence-corrected chi connectivity index (χ1v) is 5.41. The minimum Gasteiger partial charge on any atom is -0.388 e. The largest absolute Gasteiger partial charge is 0.388 e. The lowest BCUT2D eigenvalue weighted by molar-refractivity contribution is -0.107. The fourth-order valence-corrected chi connectivity index (χ4v) is 2.71. The fraction of sp³-hybridized carbons (Fsp3) is 1.00. The molecule has 13 heavy (non-hydrogen) atoms. The molecule has 0 bridgehead atoms. The molecule has 1 fully saturated rings. The summed E-state index contributed by atoms with van der Waals surface area (Å²) in [6, 6.07) is 0. The SMILES string of the molecule is CO[P@@]1(=O)O[C@@H](C)[C@@H](O)[C@@H](O)[C@@H]1O. The Labute approximate surface area is 75.6 Å². The molecule has 0 spiro atoms. The number of hydrogen-bond donors (Lipinski definition) is 3. The van der Waals surface area contributed by atoms with E-state index in [2.05, 4.69) is 4.52 Å². The number of aliphatic hydroxyl groups excluding tert-OH is 3. The zero-order chi connectivity index (χ0) is 10.2. The van der Waals surface area contributed by atoms with Gasteiger partial charge in [0.1, 0.15) is 12.2 Å². The second-order valence-corrected chi connectivity index (χ2v) is 5.11. The predicted molar refractivity (Wildman–Crippen MR) is 43.2 cm³/mol. The Balaban J connectivity index is 2.89. The van der Waals surface area contributed by atoms with E-state index in [4.69, 9.17) is 4.52 Å². The lowest BCUT2D eigenvalue weighted by Crippen LogP contribution is -2.49. The topological polar surface area (TPSA) is 96.2 Å². The maximum Gasteiger partial charge on any atom is 0.361 e. The van der Waals surface area contributed by atoms with Crippen LogP contribution < -0.4 is 0 Å². The van der Waals surface area contributed by atoms with Gasteiger partial charge in [0, 0.05) is 7.11 Å². The number of aliphatic hydroxyl groups is 3. The maximum absolute atomic E-state index is 11.5. The van der Waals surface area contributed by atoms with Gasteiger partial charge in [0.25, 0.3) is 0 Å². The van der Waals surface area contributed by atoms with Crippen molar-refractivity contribution in [3.05, 3.63) is 0 Å². The monoisotopic (exact) mass is 212 g/mol. The van der Waals surface area contributed by atoms with E-state index in [1.807, 2.05) is 0 Å². The molecule has 7 heteroatoms. The minimum absolute atomic E-state index is 0.829. The Bertz CT molecular complexity index is 231. The lowest BCUT2D eigenvalue weighted by Gasteiger charge is -2.37. The molecule has 0 aromatic carbocycles. The van der Waals surface area contributed by atoms with E-state index >= 15 is 0 Å². The van der Waals surface area contributed by atoms with Crippen LogP contribution in [-0.4, -0.2) is 46.6 Å². The molecule has 6 nitrogen and oxygen atoms in total. The summed E-state index contributed by atoms with van der Waals surface area (Å²) < 4.78 is 20.8. The predicted octanol–water partition coefficient (Wildman–Crippen LogP) is -0.715. The Kier molecular flexibility index (Phi) is 3.12. The third-order valence-corrected chi connectivity index (χ3v) is 4.12. The quantitative estimate of drug-likeness (QED) is 0.496. The minimum atomic E-state index is -3.69. The van der Waals surface area contributed by atoms with Crippen molar-refractivity contribution in [2.45, 2.75) is 31.1 Å². The Morgan fingerprint density at radius 2 is 1.85 bits per heavy atom. The average Bonchev–Trinajstić information content (AvgIpc) is 2.12. The highest BCUT2D eigenvalue weighted by molar-refractivity contribution is 7.54. The fourth-order valence-electron chi connectivity index (χ4n) is 1.15. The van der Waals surface area contributed by atoms with Crippen LogP contribution in [0.1, 0.15) is 6.92 Å². The molecule has 1 rings (SSSR count). The zero-order valence-electron chi connectivity index (χ0n) is 7.32. The van der Waals surface area contributed by atoms with E-state index in [9.17, 15) is 19.9 Å². The van der Waals surface area contributed by atoms with E-state index in [0.29, 0.717) is 0 Å². The molecular weight excluding hydrogens is 199 g/mol. The highest BCUT2D eigenvalue weighted by Crippen LogP contribution is 2.56. The normalized spacial score (nSPS) is 52.1. The first kappa shape index (κ1) is 11.1. The maximum atomic E-state index is 11.5. The molecule has 0 unspecified atom stereocenters. The zero-order valence-corrected chi connectivity index (χ0v) is 8.22. The van der Waals surface area contributed by atoms with Gasteiger partial charge in [0.15, 0.2) is 5.85 Å². The first-order valence-electron chi connectivity index (χ1n) is 3.80. The van der Waals surface area contributed by atoms with Gasteiger partial charge >= 0.3 is 7.60 Å². The smallest absolute Gasteiger partial charge is 0.361 e. The second kappa shape index (κ2) is 3.65. The van der Waals surface area contributed by atoms with Crippen molar-refractivity contribution in [3.8, 4) is 0 Å². The Morgan fingerprint density at radius 1 is 1.31 bits per heavy atom. The van der Waals surface area contributed by atoms with E-state index in [0.717, 1.165) is 7.11 Å². The molecule has 3 N–H and O–H groups in total. The summed E-state index contributed by atoms with van der Waals surface area (Å²) in [6.45, 7) is 1.44. The molecule has 78 valence electrons. The van der Waals surface area contributed by atoms with Crippen molar-refractivity contribution in [2.24, 2.45) is 0 Å². The molecular formula is C6H13O6P. The molecule has 1 aliphatic rings. The molecule has 1 saturated heterocycles. The van der Waals surface area contributed by atoms with E-state index < -0.39 is 31.8 Å². The van der Waals surface area contributed by atoms with Crippen LogP contribution in [0.25, 0.3) is 0 Å².